The highest BCUT2D eigenvalue weighted by Gasteiger charge is 2.44. The van der Waals surface area contributed by atoms with E-state index in [0.29, 0.717) is 11.5 Å². The molecule has 0 saturated carbocycles. The maximum atomic E-state index is 11.8. The Morgan fingerprint density at radius 2 is 2.20 bits per heavy atom. The number of pyridine rings is 1. The highest BCUT2D eigenvalue weighted by atomic mass is 32.2. The second kappa shape index (κ2) is 5.11. The maximum Gasteiger partial charge on any atom is 0.150 e. The van der Waals surface area contributed by atoms with Crippen LogP contribution in [0.1, 0.15) is 30.4 Å². The predicted molar refractivity (Wildman–Crippen MR) is 79.2 cm³/mol. The van der Waals surface area contributed by atoms with Gasteiger partial charge in [-0.15, -0.1) is 0 Å². The molecule has 0 radical (unpaired) electrons. The van der Waals surface area contributed by atoms with Crippen molar-refractivity contribution < 1.29 is 8.42 Å². The number of hydrogen-bond donors (Lipinski definition) is 0. The van der Waals surface area contributed by atoms with E-state index in [-0.39, 0.29) is 5.41 Å². The molecule has 0 aromatic carbocycles. The summed E-state index contributed by atoms with van der Waals surface area (Å²) in [6.45, 7) is 4.92. The second-order valence-electron chi connectivity index (χ2n) is 6.53. The fraction of sp³-hybridized carbons (Fsp3) is 0.667. The molecule has 2 aliphatic rings. The smallest absolute Gasteiger partial charge is 0.150 e. The van der Waals surface area contributed by atoms with Gasteiger partial charge in [-0.1, -0.05) is 6.07 Å². The van der Waals surface area contributed by atoms with E-state index in [1.165, 1.54) is 11.1 Å². The first-order valence-electron chi connectivity index (χ1n) is 7.30. The van der Waals surface area contributed by atoms with Crippen molar-refractivity contribution in [1.82, 2.24) is 9.88 Å². The van der Waals surface area contributed by atoms with E-state index in [4.69, 9.17) is 0 Å². The van der Waals surface area contributed by atoms with Crippen molar-refractivity contribution in [2.24, 2.45) is 5.41 Å². The summed E-state index contributed by atoms with van der Waals surface area (Å²) >= 11 is 0. The fourth-order valence-electron chi connectivity index (χ4n) is 3.71. The molecular weight excluding hydrogens is 272 g/mol. The molecule has 3 rings (SSSR count). The first kappa shape index (κ1) is 14.0. The molecule has 0 amide bonds. The Morgan fingerprint density at radius 3 is 2.90 bits per heavy atom. The predicted octanol–water partition coefficient (Wildman–Crippen LogP) is 1.79. The highest BCUT2D eigenvalue weighted by molar-refractivity contribution is 7.91. The first-order valence-corrected chi connectivity index (χ1v) is 9.12. The van der Waals surface area contributed by atoms with Gasteiger partial charge in [0.2, 0.25) is 0 Å². The molecule has 4 nitrogen and oxygen atoms in total. The van der Waals surface area contributed by atoms with Crippen LogP contribution in [0.25, 0.3) is 0 Å². The minimum absolute atomic E-state index is 0.0222. The van der Waals surface area contributed by atoms with Crippen LogP contribution in [0.4, 0.5) is 0 Å². The lowest BCUT2D eigenvalue weighted by Crippen LogP contribution is -2.43. The molecule has 0 N–H and O–H groups in total. The molecule has 2 aliphatic heterocycles. The van der Waals surface area contributed by atoms with Gasteiger partial charge in [-0.2, -0.15) is 0 Å². The Balaban J connectivity index is 1.70. The topological polar surface area (TPSA) is 50.3 Å². The molecule has 1 aromatic rings. The van der Waals surface area contributed by atoms with Crippen LogP contribution < -0.4 is 0 Å². The molecule has 0 bridgehead atoms. The summed E-state index contributed by atoms with van der Waals surface area (Å²) in [6, 6.07) is 2.17. The van der Waals surface area contributed by atoms with Crippen LogP contribution in [-0.4, -0.2) is 42.9 Å². The summed E-state index contributed by atoms with van der Waals surface area (Å²) in [4.78, 5) is 6.64. The number of aromatic nitrogens is 1. The Kier molecular flexibility index (Phi) is 3.58. The maximum absolute atomic E-state index is 11.8. The number of aryl methyl sites for hydroxylation is 1. The summed E-state index contributed by atoms with van der Waals surface area (Å²) < 4.78 is 23.6. The fourth-order valence-corrected chi connectivity index (χ4v) is 5.91. The number of hydrogen-bond acceptors (Lipinski definition) is 4. The number of likely N-dealkylation sites (tertiary alicyclic amines) is 1. The molecule has 1 aromatic heterocycles. The van der Waals surface area contributed by atoms with Gasteiger partial charge >= 0.3 is 0 Å². The largest absolute Gasteiger partial charge is 0.298 e. The molecule has 1 unspecified atom stereocenters. The van der Waals surface area contributed by atoms with Crippen LogP contribution in [0, 0.1) is 12.3 Å². The molecule has 1 atom stereocenters. The summed E-state index contributed by atoms with van der Waals surface area (Å²) in [6.07, 6.45) is 6.80. The van der Waals surface area contributed by atoms with E-state index >= 15 is 0 Å². The average molecular weight is 294 g/mol. The van der Waals surface area contributed by atoms with Crippen molar-refractivity contribution >= 4 is 9.84 Å². The normalized spacial score (nSPS) is 29.9. The zero-order valence-electron chi connectivity index (χ0n) is 12.0. The minimum atomic E-state index is -2.80. The Hall–Kier alpha value is -0.940. The number of nitrogens with zero attached hydrogens (tertiary/aromatic N) is 2. The summed E-state index contributed by atoms with van der Waals surface area (Å²) in [5.41, 5.74) is 2.43. The number of rotatable bonds is 2. The molecule has 110 valence electrons. The van der Waals surface area contributed by atoms with Gasteiger partial charge in [-0.05, 0) is 49.3 Å². The summed E-state index contributed by atoms with van der Waals surface area (Å²) in [7, 11) is -2.80. The molecule has 1 spiro atoms. The van der Waals surface area contributed by atoms with Crippen LogP contribution in [0.2, 0.25) is 0 Å². The van der Waals surface area contributed by atoms with Crippen molar-refractivity contribution in [3.63, 3.8) is 0 Å². The van der Waals surface area contributed by atoms with Gasteiger partial charge in [0.1, 0.15) is 0 Å². The molecule has 2 saturated heterocycles. The Morgan fingerprint density at radius 1 is 1.35 bits per heavy atom. The van der Waals surface area contributed by atoms with Gasteiger partial charge in [0.15, 0.2) is 9.84 Å². The van der Waals surface area contributed by atoms with Crippen molar-refractivity contribution in [3.05, 3.63) is 29.6 Å². The molecule has 5 heteroatoms. The van der Waals surface area contributed by atoms with Gasteiger partial charge < -0.3 is 0 Å². The lowest BCUT2D eigenvalue weighted by molar-refractivity contribution is 0.102. The molecule has 20 heavy (non-hydrogen) atoms. The van der Waals surface area contributed by atoms with Crippen molar-refractivity contribution in [3.8, 4) is 0 Å². The number of sulfone groups is 1. The minimum Gasteiger partial charge on any atom is -0.298 e. The molecule has 0 aliphatic carbocycles. The highest BCUT2D eigenvalue weighted by Crippen LogP contribution is 2.40. The zero-order chi connectivity index (χ0) is 14.2. The van der Waals surface area contributed by atoms with Crippen LogP contribution in [0.3, 0.4) is 0 Å². The third-order valence-electron chi connectivity index (χ3n) is 4.55. The zero-order valence-corrected chi connectivity index (χ0v) is 12.8. The lowest BCUT2D eigenvalue weighted by Gasteiger charge is -2.39. The van der Waals surface area contributed by atoms with Crippen LogP contribution in [-0.2, 0) is 16.4 Å². The van der Waals surface area contributed by atoms with Crippen molar-refractivity contribution in [1.29, 1.82) is 0 Å². The van der Waals surface area contributed by atoms with E-state index < -0.39 is 9.84 Å². The average Bonchev–Trinajstić information content (AvgIpc) is 2.64. The van der Waals surface area contributed by atoms with E-state index in [0.717, 1.165) is 38.9 Å². The van der Waals surface area contributed by atoms with Gasteiger partial charge in [-0.25, -0.2) is 8.42 Å². The summed E-state index contributed by atoms with van der Waals surface area (Å²) in [5.74, 6) is 0.773. The monoisotopic (exact) mass is 294 g/mol. The van der Waals surface area contributed by atoms with Gasteiger partial charge in [0.05, 0.1) is 11.5 Å². The Labute approximate surface area is 121 Å². The van der Waals surface area contributed by atoms with Crippen LogP contribution in [0.15, 0.2) is 18.5 Å². The standard InChI is InChI=1S/C15H22N2O2S/c1-13-7-14(9-16-8-13)10-17-5-2-3-15(11-17)4-6-20(18,19)12-15/h7-9H,2-6,10-12H2,1H3. The van der Waals surface area contributed by atoms with Crippen molar-refractivity contribution in [2.75, 3.05) is 24.6 Å². The van der Waals surface area contributed by atoms with Gasteiger partial charge in [-0.3, -0.25) is 9.88 Å². The van der Waals surface area contributed by atoms with Crippen LogP contribution in [0.5, 0.6) is 0 Å². The van der Waals surface area contributed by atoms with Gasteiger partial charge in [0, 0.05) is 25.5 Å². The Bertz CT molecular complexity index is 600. The van der Waals surface area contributed by atoms with Gasteiger partial charge in [0.25, 0.3) is 0 Å². The van der Waals surface area contributed by atoms with E-state index in [2.05, 4.69) is 22.9 Å². The third kappa shape index (κ3) is 3.04. The quantitative estimate of drug-likeness (QED) is 0.834. The second-order valence-corrected chi connectivity index (χ2v) is 8.71. The van der Waals surface area contributed by atoms with Crippen molar-refractivity contribution in [2.45, 2.75) is 32.7 Å². The summed E-state index contributed by atoms with van der Waals surface area (Å²) in [5, 5.41) is 0. The third-order valence-corrected chi connectivity index (χ3v) is 6.43. The van der Waals surface area contributed by atoms with E-state index in [1.54, 1.807) is 0 Å². The van der Waals surface area contributed by atoms with Crippen LogP contribution >= 0.6 is 0 Å². The van der Waals surface area contributed by atoms with E-state index in [1.807, 2.05) is 12.4 Å². The molecule has 3 heterocycles. The molecular formula is C15H22N2O2S. The lowest BCUT2D eigenvalue weighted by atomic mass is 9.79. The molecule has 2 fully saturated rings. The SMILES string of the molecule is Cc1cncc(CN2CCCC3(CCS(=O)(=O)C3)C2)c1. The first-order chi connectivity index (χ1) is 9.46. The number of piperidine rings is 1. The van der Waals surface area contributed by atoms with E-state index in [9.17, 15) is 8.42 Å².